The molecule has 0 amide bonds. The van der Waals surface area contributed by atoms with Gasteiger partial charge >= 0.3 is 0 Å². The first-order valence-electron chi connectivity index (χ1n) is 6.78. The Morgan fingerprint density at radius 1 is 1.22 bits per heavy atom. The van der Waals surface area contributed by atoms with Crippen LogP contribution in [0, 0.1) is 11.7 Å². The number of nitrogens with one attached hydrogen (secondary N) is 1. The molecule has 1 aliphatic rings. The molecule has 0 spiro atoms. The third-order valence-electron chi connectivity index (χ3n) is 4.19. The molecular formula is C15H19FN2. The largest absolute Gasteiger partial charge is 0.361 e. The number of halogens is 1. The Bertz CT molecular complexity index is 540. The number of benzene rings is 1. The number of aromatic amines is 1. The molecule has 18 heavy (non-hydrogen) atoms. The molecule has 1 aliphatic carbocycles. The van der Waals surface area contributed by atoms with E-state index in [-0.39, 0.29) is 11.9 Å². The highest BCUT2D eigenvalue weighted by atomic mass is 19.1. The highest BCUT2D eigenvalue weighted by Gasteiger charge is 2.23. The van der Waals surface area contributed by atoms with Crippen LogP contribution in [0.4, 0.5) is 4.39 Å². The van der Waals surface area contributed by atoms with Crippen LogP contribution in [-0.4, -0.2) is 4.98 Å². The van der Waals surface area contributed by atoms with Gasteiger partial charge in [0.05, 0.1) is 0 Å². The van der Waals surface area contributed by atoms with Gasteiger partial charge in [0.25, 0.3) is 0 Å². The van der Waals surface area contributed by atoms with E-state index >= 15 is 0 Å². The average Bonchev–Trinajstić information content (AvgIpc) is 2.81. The van der Waals surface area contributed by atoms with Crippen molar-refractivity contribution in [1.29, 1.82) is 0 Å². The molecule has 1 saturated carbocycles. The van der Waals surface area contributed by atoms with Gasteiger partial charge in [-0.3, -0.25) is 0 Å². The van der Waals surface area contributed by atoms with E-state index in [4.69, 9.17) is 5.73 Å². The van der Waals surface area contributed by atoms with Crippen molar-refractivity contribution in [1.82, 2.24) is 4.98 Å². The summed E-state index contributed by atoms with van der Waals surface area (Å²) >= 11 is 0. The maximum Gasteiger partial charge on any atom is 0.125 e. The molecule has 0 bridgehead atoms. The smallest absolute Gasteiger partial charge is 0.125 e. The molecule has 0 saturated heterocycles. The van der Waals surface area contributed by atoms with Crippen molar-refractivity contribution in [3.8, 4) is 0 Å². The van der Waals surface area contributed by atoms with Gasteiger partial charge in [0.1, 0.15) is 5.82 Å². The van der Waals surface area contributed by atoms with Crippen molar-refractivity contribution in [2.24, 2.45) is 11.7 Å². The number of aromatic nitrogens is 1. The molecule has 2 nitrogen and oxygen atoms in total. The maximum absolute atomic E-state index is 13.2. The number of nitrogens with two attached hydrogens (primary N) is 1. The Hall–Kier alpha value is -1.35. The van der Waals surface area contributed by atoms with E-state index in [0.29, 0.717) is 5.92 Å². The first-order chi connectivity index (χ1) is 8.75. The van der Waals surface area contributed by atoms with Crippen LogP contribution in [0.15, 0.2) is 24.4 Å². The molecule has 1 heterocycles. The molecule has 3 N–H and O–H groups in total. The van der Waals surface area contributed by atoms with E-state index in [1.54, 1.807) is 0 Å². The molecule has 2 aromatic rings. The van der Waals surface area contributed by atoms with E-state index in [1.807, 2.05) is 12.3 Å². The van der Waals surface area contributed by atoms with Gasteiger partial charge in [-0.25, -0.2) is 4.39 Å². The van der Waals surface area contributed by atoms with Crippen LogP contribution in [0.3, 0.4) is 0 Å². The zero-order valence-corrected chi connectivity index (χ0v) is 10.5. The number of H-pyrrole nitrogens is 1. The van der Waals surface area contributed by atoms with Gasteiger partial charge in [-0.1, -0.05) is 19.3 Å². The lowest BCUT2D eigenvalue weighted by Crippen LogP contribution is -2.23. The van der Waals surface area contributed by atoms with Crippen molar-refractivity contribution in [2.75, 3.05) is 0 Å². The number of hydrogen-bond donors (Lipinski definition) is 2. The maximum atomic E-state index is 13.2. The molecule has 1 aromatic carbocycles. The van der Waals surface area contributed by atoms with Crippen LogP contribution in [0.1, 0.15) is 43.7 Å². The predicted molar refractivity (Wildman–Crippen MR) is 71.8 cm³/mol. The molecule has 3 heteroatoms. The summed E-state index contributed by atoms with van der Waals surface area (Å²) < 4.78 is 13.2. The molecule has 0 aliphatic heterocycles. The van der Waals surface area contributed by atoms with Gasteiger partial charge in [-0.05, 0) is 42.5 Å². The standard InChI is InChI=1S/C15H19FN2/c16-11-6-7-12-13(9-18-14(12)8-11)15(17)10-4-2-1-3-5-10/h6-10,15,18H,1-5,17H2. The van der Waals surface area contributed by atoms with Crippen molar-refractivity contribution in [3.63, 3.8) is 0 Å². The Labute approximate surface area is 106 Å². The van der Waals surface area contributed by atoms with E-state index in [9.17, 15) is 4.39 Å². The average molecular weight is 246 g/mol. The highest BCUT2D eigenvalue weighted by molar-refractivity contribution is 5.83. The predicted octanol–water partition coefficient (Wildman–Crippen LogP) is 3.89. The first-order valence-corrected chi connectivity index (χ1v) is 6.78. The third-order valence-corrected chi connectivity index (χ3v) is 4.19. The zero-order valence-electron chi connectivity index (χ0n) is 10.5. The molecule has 3 rings (SSSR count). The van der Waals surface area contributed by atoms with Gasteiger partial charge in [0.15, 0.2) is 0 Å². The lowest BCUT2D eigenvalue weighted by atomic mass is 9.81. The molecule has 96 valence electrons. The minimum atomic E-state index is -0.206. The van der Waals surface area contributed by atoms with Gasteiger partial charge < -0.3 is 10.7 Å². The molecular weight excluding hydrogens is 227 g/mol. The minimum Gasteiger partial charge on any atom is -0.361 e. The normalized spacial score (nSPS) is 19.2. The number of rotatable bonds is 2. The molecule has 1 aromatic heterocycles. The minimum absolute atomic E-state index is 0.0736. The Morgan fingerprint density at radius 3 is 2.78 bits per heavy atom. The topological polar surface area (TPSA) is 41.8 Å². The van der Waals surface area contributed by atoms with Crippen LogP contribution < -0.4 is 5.73 Å². The second-order valence-electron chi connectivity index (χ2n) is 5.36. The third kappa shape index (κ3) is 2.03. The van der Waals surface area contributed by atoms with E-state index in [2.05, 4.69) is 4.98 Å². The SMILES string of the molecule is NC(c1c[nH]c2cc(F)ccc12)C1CCCCC1. The molecule has 1 fully saturated rings. The van der Waals surface area contributed by atoms with Crippen molar-refractivity contribution in [3.05, 3.63) is 35.8 Å². The summed E-state index contributed by atoms with van der Waals surface area (Å²) in [5.74, 6) is 0.366. The van der Waals surface area contributed by atoms with Crippen molar-refractivity contribution < 1.29 is 4.39 Å². The second-order valence-corrected chi connectivity index (χ2v) is 5.36. The highest BCUT2D eigenvalue weighted by Crippen LogP contribution is 2.35. The van der Waals surface area contributed by atoms with Crippen LogP contribution in [0.2, 0.25) is 0 Å². The van der Waals surface area contributed by atoms with E-state index in [0.717, 1.165) is 16.5 Å². The van der Waals surface area contributed by atoms with Crippen molar-refractivity contribution in [2.45, 2.75) is 38.1 Å². The zero-order chi connectivity index (χ0) is 12.5. The van der Waals surface area contributed by atoms with Crippen LogP contribution in [0.5, 0.6) is 0 Å². The Kier molecular flexibility index (Phi) is 3.08. The van der Waals surface area contributed by atoms with Gasteiger partial charge in [-0.2, -0.15) is 0 Å². The summed E-state index contributed by atoms with van der Waals surface area (Å²) in [6.45, 7) is 0. The lowest BCUT2D eigenvalue weighted by molar-refractivity contribution is 0.309. The molecule has 0 radical (unpaired) electrons. The monoisotopic (exact) mass is 246 g/mol. The lowest BCUT2D eigenvalue weighted by Gasteiger charge is -2.27. The first kappa shape index (κ1) is 11.7. The van der Waals surface area contributed by atoms with Gasteiger partial charge in [-0.15, -0.1) is 0 Å². The fraction of sp³-hybridized carbons (Fsp3) is 0.467. The Morgan fingerprint density at radius 2 is 2.00 bits per heavy atom. The van der Waals surface area contributed by atoms with E-state index < -0.39 is 0 Å². The molecule has 1 atom stereocenters. The van der Waals surface area contributed by atoms with Crippen LogP contribution >= 0.6 is 0 Å². The van der Waals surface area contributed by atoms with E-state index in [1.165, 1.54) is 44.2 Å². The quantitative estimate of drug-likeness (QED) is 0.829. The fourth-order valence-corrected chi connectivity index (χ4v) is 3.14. The Balaban J connectivity index is 1.93. The summed E-state index contributed by atoms with van der Waals surface area (Å²) in [6.07, 6.45) is 8.29. The van der Waals surface area contributed by atoms with Crippen molar-refractivity contribution >= 4 is 10.9 Å². The number of hydrogen-bond acceptors (Lipinski definition) is 1. The van der Waals surface area contributed by atoms with Crippen LogP contribution in [-0.2, 0) is 0 Å². The molecule has 1 unspecified atom stereocenters. The summed E-state index contributed by atoms with van der Waals surface area (Å²) in [5, 5.41) is 1.06. The van der Waals surface area contributed by atoms with Gasteiger partial charge in [0.2, 0.25) is 0 Å². The number of fused-ring (bicyclic) bond motifs is 1. The summed E-state index contributed by atoms with van der Waals surface area (Å²) in [6, 6.07) is 4.95. The summed E-state index contributed by atoms with van der Waals surface area (Å²) in [4.78, 5) is 3.13. The summed E-state index contributed by atoms with van der Waals surface area (Å²) in [5.41, 5.74) is 8.38. The van der Waals surface area contributed by atoms with Gasteiger partial charge in [0, 0.05) is 23.1 Å². The fourth-order valence-electron chi connectivity index (χ4n) is 3.14. The van der Waals surface area contributed by atoms with Crippen LogP contribution in [0.25, 0.3) is 10.9 Å². The second kappa shape index (κ2) is 4.73. The summed E-state index contributed by atoms with van der Waals surface area (Å²) in [7, 11) is 0.